The molecule has 0 saturated carbocycles. The number of carbonyl (C=O) groups excluding carboxylic acids is 1. The Balaban J connectivity index is 2.45. The van der Waals surface area contributed by atoms with Crippen LogP contribution in [0.3, 0.4) is 0 Å². The quantitative estimate of drug-likeness (QED) is 0.738. The molecule has 1 rings (SSSR count). The molecule has 0 aliphatic heterocycles. The highest BCUT2D eigenvalue weighted by atomic mass is 16.5. The smallest absolute Gasteiger partial charge is 0.255 e. The highest BCUT2D eigenvalue weighted by molar-refractivity contribution is 5.99. The molecule has 19 heavy (non-hydrogen) atoms. The van der Waals surface area contributed by atoms with E-state index in [2.05, 4.69) is 29.5 Å². The number of ether oxygens (including phenoxy) is 1. The molecule has 0 spiro atoms. The molecule has 106 valence electrons. The lowest BCUT2D eigenvalue weighted by molar-refractivity contribution is 0.0886. The molecule has 2 N–H and O–H groups in total. The molecular weight excluding hydrogens is 242 g/mol. The maximum absolute atomic E-state index is 12.0. The number of aryl methyl sites for hydroxylation is 1. The van der Waals surface area contributed by atoms with E-state index in [4.69, 9.17) is 4.74 Å². The first-order valence-corrected chi connectivity index (χ1v) is 6.55. The van der Waals surface area contributed by atoms with Gasteiger partial charge in [-0.15, -0.1) is 0 Å². The lowest BCUT2D eigenvalue weighted by Gasteiger charge is -2.11. The zero-order chi connectivity index (χ0) is 14.3. The summed E-state index contributed by atoms with van der Waals surface area (Å²) in [6.45, 7) is 7.82. The van der Waals surface area contributed by atoms with Gasteiger partial charge in [0.05, 0.1) is 17.9 Å². The molecule has 0 radical (unpaired) electrons. The topological polar surface area (TPSA) is 63.2 Å². The van der Waals surface area contributed by atoms with Crippen molar-refractivity contribution < 1.29 is 9.53 Å². The molecule has 1 amide bonds. The largest absolute Gasteiger partial charge is 0.387 e. The van der Waals surface area contributed by atoms with Crippen LogP contribution in [0.1, 0.15) is 29.9 Å². The van der Waals surface area contributed by atoms with Gasteiger partial charge in [-0.2, -0.15) is 0 Å². The first-order chi connectivity index (χ1) is 9.04. The molecule has 0 atom stereocenters. The average molecular weight is 265 g/mol. The van der Waals surface area contributed by atoms with Crippen molar-refractivity contribution in [1.82, 2.24) is 10.3 Å². The number of nitrogens with one attached hydrogen (secondary N) is 2. The number of nitrogens with zero attached hydrogens (tertiary/aromatic N) is 1. The lowest BCUT2D eigenvalue weighted by atomic mass is 10.2. The molecule has 0 aliphatic carbocycles. The van der Waals surface area contributed by atoms with Crippen LogP contribution in [0, 0.1) is 12.8 Å². The standard InChI is InChI=1S/C14H23N3O2/c1-10(2)9-19-6-5-16-14(18)12-8-17-11(3)7-13(12)15-4/h7-8,10H,5-6,9H2,1-4H3,(H,15,17)(H,16,18). The second-order valence-corrected chi connectivity index (χ2v) is 4.85. The zero-order valence-electron chi connectivity index (χ0n) is 12.1. The summed E-state index contributed by atoms with van der Waals surface area (Å²) in [5.74, 6) is 0.373. The van der Waals surface area contributed by atoms with Gasteiger partial charge in [0.1, 0.15) is 0 Å². The number of pyridine rings is 1. The number of anilines is 1. The summed E-state index contributed by atoms with van der Waals surface area (Å²) in [6.07, 6.45) is 1.59. The maximum Gasteiger partial charge on any atom is 0.255 e. The van der Waals surface area contributed by atoms with E-state index in [0.29, 0.717) is 31.2 Å². The minimum Gasteiger partial charge on any atom is -0.387 e. The van der Waals surface area contributed by atoms with Crippen molar-refractivity contribution in [2.75, 3.05) is 32.1 Å². The van der Waals surface area contributed by atoms with Crippen LogP contribution in [-0.4, -0.2) is 37.7 Å². The summed E-state index contributed by atoms with van der Waals surface area (Å²) in [5.41, 5.74) is 2.21. The van der Waals surface area contributed by atoms with E-state index < -0.39 is 0 Å². The number of aromatic nitrogens is 1. The second kappa shape index (κ2) is 7.74. The Bertz CT molecular complexity index is 419. The predicted octanol–water partition coefficient (Wildman–Crippen LogP) is 1.83. The van der Waals surface area contributed by atoms with Crippen LogP contribution in [-0.2, 0) is 4.74 Å². The Morgan fingerprint density at radius 3 is 2.84 bits per heavy atom. The fraction of sp³-hybridized carbons (Fsp3) is 0.571. The van der Waals surface area contributed by atoms with Crippen LogP contribution in [0.5, 0.6) is 0 Å². The number of amides is 1. The number of carbonyl (C=O) groups is 1. The van der Waals surface area contributed by atoms with Crippen LogP contribution in [0.4, 0.5) is 5.69 Å². The third kappa shape index (κ3) is 5.26. The molecule has 0 saturated heterocycles. The van der Waals surface area contributed by atoms with Crippen molar-refractivity contribution in [3.63, 3.8) is 0 Å². The summed E-state index contributed by atoms with van der Waals surface area (Å²) in [7, 11) is 1.79. The number of hydrogen-bond donors (Lipinski definition) is 2. The van der Waals surface area contributed by atoms with E-state index in [9.17, 15) is 4.79 Å². The molecule has 0 fully saturated rings. The molecule has 1 heterocycles. The molecular formula is C14H23N3O2. The van der Waals surface area contributed by atoms with Crippen molar-refractivity contribution in [2.45, 2.75) is 20.8 Å². The Morgan fingerprint density at radius 2 is 2.21 bits per heavy atom. The number of hydrogen-bond acceptors (Lipinski definition) is 4. The average Bonchev–Trinajstić information content (AvgIpc) is 2.37. The number of rotatable bonds is 7. The van der Waals surface area contributed by atoms with Crippen molar-refractivity contribution in [1.29, 1.82) is 0 Å². The van der Waals surface area contributed by atoms with Gasteiger partial charge in [0.15, 0.2) is 0 Å². The van der Waals surface area contributed by atoms with Crippen LogP contribution in [0.15, 0.2) is 12.3 Å². The molecule has 0 aromatic carbocycles. The highest BCUT2D eigenvalue weighted by Gasteiger charge is 2.10. The zero-order valence-corrected chi connectivity index (χ0v) is 12.1. The molecule has 0 bridgehead atoms. The fourth-order valence-electron chi connectivity index (χ4n) is 1.60. The first-order valence-electron chi connectivity index (χ1n) is 6.55. The van der Waals surface area contributed by atoms with Crippen LogP contribution >= 0.6 is 0 Å². The van der Waals surface area contributed by atoms with E-state index in [0.717, 1.165) is 11.4 Å². The third-order valence-electron chi connectivity index (χ3n) is 2.54. The van der Waals surface area contributed by atoms with Gasteiger partial charge in [-0.25, -0.2) is 0 Å². The highest BCUT2D eigenvalue weighted by Crippen LogP contribution is 2.14. The monoisotopic (exact) mass is 265 g/mol. The van der Waals surface area contributed by atoms with E-state index in [-0.39, 0.29) is 5.91 Å². The molecule has 5 nitrogen and oxygen atoms in total. The van der Waals surface area contributed by atoms with E-state index in [1.54, 1.807) is 13.2 Å². The van der Waals surface area contributed by atoms with Gasteiger partial charge < -0.3 is 15.4 Å². The van der Waals surface area contributed by atoms with Crippen molar-refractivity contribution in [3.05, 3.63) is 23.5 Å². The summed E-state index contributed by atoms with van der Waals surface area (Å²) in [5, 5.41) is 5.82. The summed E-state index contributed by atoms with van der Waals surface area (Å²) in [4.78, 5) is 16.1. The summed E-state index contributed by atoms with van der Waals surface area (Å²) in [6, 6.07) is 1.85. The van der Waals surface area contributed by atoms with Crippen molar-refractivity contribution in [3.8, 4) is 0 Å². The summed E-state index contributed by atoms with van der Waals surface area (Å²) < 4.78 is 5.41. The van der Waals surface area contributed by atoms with E-state index >= 15 is 0 Å². The minimum absolute atomic E-state index is 0.134. The van der Waals surface area contributed by atoms with Crippen LogP contribution in [0.2, 0.25) is 0 Å². The predicted molar refractivity (Wildman–Crippen MR) is 76.5 cm³/mol. The van der Waals surface area contributed by atoms with Gasteiger partial charge >= 0.3 is 0 Å². The van der Waals surface area contributed by atoms with Crippen LogP contribution < -0.4 is 10.6 Å². The normalized spacial score (nSPS) is 10.6. The van der Waals surface area contributed by atoms with E-state index in [1.165, 1.54) is 0 Å². The molecule has 0 unspecified atom stereocenters. The van der Waals surface area contributed by atoms with Gasteiger partial charge in [0.2, 0.25) is 0 Å². The van der Waals surface area contributed by atoms with E-state index in [1.807, 2.05) is 13.0 Å². The molecule has 1 aromatic heterocycles. The molecule has 5 heteroatoms. The lowest BCUT2D eigenvalue weighted by Crippen LogP contribution is -2.28. The van der Waals surface area contributed by atoms with Gasteiger partial charge in [0, 0.05) is 32.1 Å². The second-order valence-electron chi connectivity index (χ2n) is 4.85. The van der Waals surface area contributed by atoms with Gasteiger partial charge in [-0.1, -0.05) is 13.8 Å². The Hall–Kier alpha value is -1.62. The maximum atomic E-state index is 12.0. The Kier molecular flexibility index (Phi) is 6.29. The van der Waals surface area contributed by atoms with Gasteiger partial charge in [0.25, 0.3) is 5.91 Å². The fourth-order valence-corrected chi connectivity index (χ4v) is 1.60. The minimum atomic E-state index is -0.134. The molecule has 0 aliphatic rings. The Labute approximate surface area is 114 Å². The Morgan fingerprint density at radius 1 is 1.47 bits per heavy atom. The third-order valence-corrected chi connectivity index (χ3v) is 2.54. The van der Waals surface area contributed by atoms with Gasteiger partial charge in [-0.05, 0) is 18.9 Å². The first kappa shape index (κ1) is 15.4. The van der Waals surface area contributed by atoms with Crippen LogP contribution in [0.25, 0.3) is 0 Å². The van der Waals surface area contributed by atoms with Gasteiger partial charge in [-0.3, -0.25) is 9.78 Å². The summed E-state index contributed by atoms with van der Waals surface area (Å²) >= 11 is 0. The van der Waals surface area contributed by atoms with Crippen molar-refractivity contribution >= 4 is 11.6 Å². The van der Waals surface area contributed by atoms with Crippen molar-refractivity contribution in [2.24, 2.45) is 5.92 Å². The molecule has 1 aromatic rings. The SMILES string of the molecule is CNc1cc(C)ncc1C(=O)NCCOCC(C)C.